The molecule has 0 bridgehead atoms. The van der Waals surface area contributed by atoms with Crippen molar-refractivity contribution in [3.8, 4) is 5.75 Å². The lowest BCUT2D eigenvalue weighted by molar-refractivity contribution is -0.387. The van der Waals surface area contributed by atoms with E-state index in [0.29, 0.717) is 12.1 Å². The van der Waals surface area contributed by atoms with Crippen molar-refractivity contribution < 1.29 is 28.3 Å². The van der Waals surface area contributed by atoms with Gasteiger partial charge in [-0.2, -0.15) is 13.2 Å². The van der Waals surface area contributed by atoms with Gasteiger partial charge >= 0.3 is 6.18 Å². The molecule has 0 radical (unpaired) electrons. The molecule has 0 aliphatic rings. The van der Waals surface area contributed by atoms with Gasteiger partial charge in [-0.3, -0.25) is 10.1 Å². The third kappa shape index (κ3) is 2.40. The number of hydrogen-bond donors (Lipinski definition) is 2. The number of alkyl halides is 3. The van der Waals surface area contributed by atoms with E-state index in [2.05, 4.69) is 0 Å². The van der Waals surface area contributed by atoms with E-state index in [1.54, 1.807) is 0 Å². The first kappa shape index (κ1) is 12.2. The first-order valence-corrected chi connectivity index (χ1v) is 3.95. The van der Waals surface area contributed by atoms with Crippen LogP contribution in [0.4, 0.5) is 18.9 Å². The third-order valence-electron chi connectivity index (χ3n) is 1.81. The SMILES string of the molecule is O=[N+]([O-])c1ccc(O)cc1C(O)C(F)(F)F. The molecule has 1 atom stereocenters. The maximum Gasteiger partial charge on any atom is 0.418 e. The van der Waals surface area contributed by atoms with Crippen LogP contribution in [0.25, 0.3) is 0 Å². The molecule has 5 nitrogen and oxygen atoms in total. The molecular formula is C8H6F3NO4. The summed E-state index contributed by atoms with van der Waals surface area (Å²) in [6.45, 7) is 0. The molecule has 0 spiro atoms. The van der Waals surface area contributed by atoms with Gasteiger partial charge in [-0.25, -0.2) is 0 Å². The Balaban J connectivity index is 3.30. The molecule has 0 heterocycles. The Labute approximate surface area is 86.9 Å². The second-order valence-corrected chi connectivity index (χ2v) is 2.94. The van der Waals surface area contributed by atoms with Crippen LogP contribution in [0.15, 0.2) is 18.2 Å². The van der Waals surface area contributed by atoms with Crippen LogP contribution in [-0.2, 0) is 0 Å². The maximum atomic E-state index is 12.2. The minimum absolute atomic E-state index is 0.510. The van der Waals surface area contributed by atoms with E-state index >= 15 is 0 Å². The first-order valence-electron chi connectivity index (χ1n) is 3.95. The Morgan fingerprint density at radius 1 is 1.38 bits per heavy atom. The normalized spacial score (nSPS) is 13.5. The topological polar surface area (TPSA) is 83.6 Å². The molecule has 0 aliphatic heterocycles. The van der Waals surface area contributed by atoms with Crippen molar-refractivity contribution in [2.24, 2.45) is 0 Å². The van der Waals surface area contributed by atoms with Crippen molar-refractivity contribution in [2.75, 3.05) is 0 Å². The molecule has 16 heavy (non-hydrogen) atoms. The zero-order chi connectivity index (χ0) is 12.5. The fourth-order valence-corrected chi connectivity index (χ4v) is 1.10. The predicted octanol–water partition coefficient (Wildman–Crippen LogP) is 1.90. The number of aliphatic hydroxyl groups excluding tert-OH is 1. The van der Waals surface area contributed by atoms with Crippen LogP contribution in [0.1, 0.15) is 11.7 Å². The van der Waals surface area contributed by atoms with Gasteiger partial charge in [0.2, 0.25) is 0 Å². The van der Waals surface area contributed by atoms with Gasteiger partial charge in [0.05, 0.1) is 10.5 Å². The van der Waals surface area contributed by atoms with Crippen molar-refractivity contribution in [3.63, 3.8) is 0 Å². The molecule has 1 aromatic rings. The number of nitro groups is 1. The minimum Gasteiger partial charge on any atom is -0.508 e. The van der Waals surface area contributed by atoms with Crippen molar-refractivity contribution in [1.29, 1.82) is 0 Å². The van der Waals surface area contributed by atoms with Crippen molar-refractivity contribution in [3.05, 3.63) is 33.9 Å². The summed E-state index contributed by atoms with van der Waals surface area (Å²) in [5.41, 5.74) is -1.89. The van der Waals surface area contributed by atoms with Gasteiger partial charge in [0.25, 0.3) is 5.69 Å². The number of nitrogens with zero attached hydrogens (tertiary/aromatic N) is 1. The van der Waals surface area contributed by atoms with E-state index in [1.165, 1.54) is 0 Å². The fraction of sp³-hybridized carbons (Fsp3) is 0.250. The maximum absolute atomic E-state index is 12.2. The van der Waals surface area contributed by atoms with E-state index < -0.39 is 34.2 Å². The van der Waals surface area contributed by atoms with Crippen LogP contribution >= 0.6 is 0 Å². The summed E-state index contributed by atoms with van der Waals surface area (Å²) < 4.78 is 36.5. The largest absolute Gasteiger partial charge is 0.508 e. The van der Waals surface area contributed by atoms with Crippen LogP contribution < -0.4 is 0 Å². The summed E-state index contributed by atoms with van der Waals surface area (Å²) >= 11 is 0. The summed E-state index contributed by atoms with van der Waals surface area (Å²) in [7, 11) is 0. The number of hydrogen-bond acceptors (Lipinski definition) is 4. The van der Waals surface area contributed by atoms with Crippen molar-refractivity contribution >= 4 is 5.69 Å². The Morgan fingerprint density at radius 2 is 1.94 bits per heavy atom. The van der Waals surface area contributed by atoms with Crippen LogP contribution in [0.5, 0.6) is 5.75 Å². The molecule has 0 aromatic heterocycles. The second kappa shape index (κ2) is 3.97. The highest BCUT2D eigenvalue weighted by molar-refractivity contribution is 5.46. The van der Waals surface area contributed by atoms with Gasteiger partial charge in [-0.15, -0.1) is 0 Å². The highest BCUT2D eigenvalue weighted by atomic mass is 19.4. The number of halogens is 3. The molecule has 0 saturated carbocycles. The van der Waals surface area contributed by atoms with Crippen molar-refractivity contribution in [2.45, 2.75) is 12.3 Å². The molecule has 0 amide bonds. The van der Waals surface area contributed by atoms with Crippen molar-refractivity contribution in [1.82, 2.24) is 0 Å². The molecule has 8 heteroatoms. The first-order chi connectivity index (χ1) is 7.23. The summed E-state index contributed by atoms with van der Waals surface area (Å²) in [6, 6.07) is 2.07. The summed E-state index contributed by atoms with van der Waals surface area (Å²) in [5, 5.41) is 28.2. The van der Waals surface area contributed by atoms with Gasteiger partial charge in [-0.1, -0.05) is 0 Å². The zero-order valence-corrected chi connectivity index (χ0v) is 7.60. The Morgan fingerprint density at radius 3 is 2.38 bits per heavy atom. The predicted molar refractivity (Wildman–Crippen MR) is 45.8 cm³/mol. The molecule has 0 aliphatic carbocycles. The number of aliphatic hydroxyl groups is 1. The second-order valence-electron chi connectivity index (χ2n) is 2.94. The molecule has 0 fully saturated rings. The van der Waals surface area contributed by atoms with Crippen LogP contribution in [-0.4, -0.2) is 21.3 Å². The number of aromatic hydroxyl groups is 1. The molecule has 2 N–H and O–H groups in total. The summed E-state index contributed by atoms with van der Waals surface area (Å²) in [6.07, 6.45) is -8.03. The highest BCUT2D eigenvalue weighted by Gasteiger charge is 2.42. The van der Waals surface area contributed by atoms with E-state index in [0.717, 1.165) is 6.07 Å². The van der Waals surface area contributed by atoms with Gasteiger partial charge in [-0.05, 0) is 12.1 Å². The molecule has 88 valence electrons. The lowest BCUT2D eigenvalue weighted by atomic mass is 10.1. The smallest absolute Gasteiger partial charge is 0.418 e. The number of nitro benzene ring substituents is 1. The van der Waals surface area contributed by atoms with Gasteiger partial charge < -0.3 is 10.2 Å². The number of benzene rings is 1. The standard InChI is InChI=1S/C8H6F3NO4/c9-8(10,11)7(14)5-3-4(13)1-2-6(5)12(15)16/h1-3,7,13-14H. The van der Waals surface area contributed by atoms with E-state index in [4.69, 9.17) is 10.2 Å². The number of phenolic OH excluding ortho intramolecular Hbond substituents is 1. The molecule has 1 aromatic carbocycles. The molecule has 0 saturated heterocycles. The Kier molecular flexibility index (Phi) is 3.04. The summed E-state index contributed by atoms with van der Waals surface area (Å²) in [4.78, 5) is 9.34. The molecule has 1 rings (SSSR count). The lowest BCUT2D eigenvalue weighted by Crippen LogP contribution is -2.21. The van der Waals surface area contributed by atoms with Crippen LogP contribution in [0.3, 0.4) is 0 Å². The number of rotatable bonds is 2. The Hall–Kier alpha value is -1.83. The van der Waals surface area contributed by atoms with Gasteiger partial charge in [0.1, 0.15) is 5.75 Å². The average molecular weight is 237 g/mol. The Bertz CT molecular complexity index is 418. The molecule has 1 unspecified atom stereocenters. The van der Waals surface area contributed by atoms with Gasteiger partial charge in [0, 0.05) is 6.07 Å². The lowest BCUT2D eigenvalue weighted by Gasteiger charge is -2.14. The highest BCUT2D eigenvalue weighted by Crippen LogP contribution is 2.38. The van der Waals surface area contributed by atoms with E-state index in [9.17, 15) is 23.3 Å². The minimum atomic E-state index is -5.03. The van der Waals surface area contributed by atoms with Crippen LogP contribution in [0, 0.1) is 10.1 Å². The van der Waals surface area contributed by atoms with E-state index in [-0.39, 0.29) is 0 Å². The number of phenols is 1. The van der Waals surface area contributed by atoms with E-state index in [1.807, 2.05) is 0 Å². The van der Waals surface area contributed by atoms with Gasteiger partial charge in [0.15, 0.2) is 6.10 Å². The summed E-state index contributed by atoms with van der Waals surface area (Å²) in [5.74, 6) is -0.594. The zero-order valence-electron chi connectivity index (χ0n) is 7.60. The monoisotopic (exact) mass is 237 g/mol. The molecular weight excluding hydrogens is 231 g/mol. The fourth-order valence-electron chi connectivity index (χ4n) is 1.10. The quantitative estimate of drug-likeness (QED) is 0.607. The van der Waals surface area contributed by atoms with Crippen LogP contribution in [0.2, 0.25) is 0 Å². The average Bonchev–Trinajstić information content (AvgIpc) is 2.14. The third-order valence-corrected chi connectivity index (χ3v) is 1.81.